The molecule has 0 fully saturated rings. The predicted octanol–water partition coefficient (Wildman–Crippen LogP) is 0.996. The van der Waals surface area contributed by atoms with Crippen LogP contribution >= 0.6 is 0 Å². The van der Waals surface area contributed by atoms with E-state index in [1.165, 1.54) is 14.1 Å². The van der Waals surface area contributed by atoms with Gasteiger partial charge in [-0.3, -0.25) is 18.9 Å². The summed E-state index contributed by atoms with van der Waals surface area (Å²) in [5.41, 5.74) is 0.828. The van der Waals surface area contributed by atoms with E-state index in [1.807, 2.05) is 37.2 Å². The number of aromatic hydroxyl groups is 1. The maximum Gasteiger partial charge on any atom is 0.333 e. The van der Waals surface area contributed by atoms with Gasteiger partial charge in [-0.15, -0.1) is 0 Å². The van der Waals surface area contributed by atoms with Crippen molar-refractivity contribution in [2.75, 3.05) is 19.0 Å². The number of anilines is 1. The Balaban J connectivity index is 2.62. The van der Waals surface area contributed by atoms with Crippen LogP contribution in [0.5, 0.6) is 5.88 Å². The molecular weight excluding hydrogens is 296 g/mol. The highest BCUT2D eigenvalue weighted by atomic mass is 16.3. The van der Waals surface area contributed by atoms with Crippen molar-refractivity contribution in [1.82, 2.24) is 9.13 Å². The van der Waals surface area contributed by atoms with Gasteiger partial charge in [0.1, 0.15) is 5.56 Å². The second-order valence-corrected chi connectivity index (χ2v) is 5.52. The van der Waals surface area contributed by atoms with Gasteiger partial charge in [0.2, 0.25) is 5.88 Å². The highest BCUT2D eigenvalue weighted by molar-refractivity contribution is 6.01. The molecule has 0 saturated carbocycles. The Bertz CT molecular complexity index is 891. The Morgan fingerprint density at radius 3 is 2.43 bits per heavy atom. The SMILES string of the molecule is CC(=Nc1cccc(N(C)C)c1)c1c(O)n(C)c(=O)n(C)c1=O. The molecule has 7 heteroatoms. The van der Waals surface area contributed by atoms with Gasteiger partial charge in [-0.2, -0.15) is 0 Å². The van der Waals surface area contributed by atoms with Gasteiger partial charge in [0.05, 0.1) is 11.4 Å². The third kappa shape index (κ3) is 3.03. The molecule has 0 unspecified atom stereocenters. The first-order valence-corrected chi connectivity index (χ1v) is 7.06. The quantitative estimate of drug-likeness (QED) is 0.857. The van der Waals surface area contributed by atoms with Gasteiger partial charge in [-0.25, -0.2) is 4.79 Å². The minimum atomic E-state index is -0.585. The molecule has 7 nitrogen and oxygen atoms in total. The Hall–Kier alpha value is -2.83. The summed E-state index contributed by atoms with van der Waals surface area (Å²) in [5, 5.41) is 10.1. The van der Waals surface area contributed by atoms with E-state index < -0.39 is 11.2 Å². The van der Waals surface area contributed by atoms with Crippen molar-refractivity contribution < 1.29 is 5.11 Å². The summed E-state index contributed by atoms with van der Waals surface area (Å²) in [6.07, 6.45) is 0. The van der Waals surface area contributed by atoms with E-state index in [-0.39, 0.29) is 11.4 Å². The van der Waals surface area contributed by atoms with Crippen molar-refractivity contribution in [1.29, 1.82) is 0 Å². The summed E-state index contributed by atoms with van der Waals surface area (Å²) in [6, 6.07) is 7.48. The van der Waals surface area contributed by atoms with Gasteiger partial charge in [-0.05, 0) is 25.1 Å². The molecule has 0 aliphatic heterocycles. The van der Waals surface area contributed by atoms with E-state index >= 15 is 0 Å². The van der Waals surface area contributed by atoms with E-state index in [1.54, 1.807) is 13.0 Å². The predicted molar refractivity (Wildman–Crippen MR) is 91.2 cm³/mol. The van der Waals surface area contributed by atoms with Gasteiger partial charge in [-0.1, -0.05) is 6.07 Å². The molecule has 0 bridgehead atoms. The molecule has 0 atom stereocenters. The largest absolute Gasteiger partial charge is 0.494 e. The zero-order valence-electron chi connectivity index (χ0n) is 13.9. The van der Waals surface area contributed by atoms with Crippen LogP contribution in [0.2, 0.25) is 0 Å². The Morgan fingerprint density at radius 1 is 1.17 bits per heavy atom. The van der Waals surface area contributed by atoms with Gasteiger partial charge in [0, 0.05) is 33.9 Å². The molecule has 122 valence electrons. The van der Waals surface area contributed by atoms with E-state index in [0.717, 1.165) is 14.8 Å². The normalized spacial score (nSPS) is 11.6. The number of rotatable bonds is 3. The molecule has 0 aliphatic rings. The molecular formula is C16H20N4O3. The molecule has 0 saturated heterocycles. The van der Waals surface area contributed by atoms with Gasteiger partial charge in [0.25, 0.3) is 5.56 Å². The average molecular weight is 316 g/mol. The molecule has 23 heavy (non-hydrogen) atoms. The van der Waals surface area contributed by atoms with Gasteiger partial charge >= 0.3 is 5.69 Å². The summed E-state index contributed by atoms with van der Waals surface area (Å²) in [5.74, 6) is -0.386. The summed E-state index contributed by atoms with van der Waals surface area (Å²) < 4.78 is 1.97. The number of aromatic nitrogens is 2. The Labute approximate surface area is 133 Å². The standard InChI is InChI=1S/C16H20N4O3/c1-10(17-11-7-6-8-12(9-11)18(2)3)13-14(21)19(4)16(23)20(5)15(13)22/h6-9,21H,1-5H3. The molecule has 1 N–H and O–H groups in total. The van der Waals surface area contributed by atoms with Crippen LogP contribution < -0.4 is 16.1 Å². The van der Waals surface area contributed by atoms with Crippen molar-refractivity contribution in [3.05, 3.63) is 50.7 Å². The number of benzene rings is 1. The zero-order chi connectivity index (χ0) is 17.3. The number of aliphatic imine (C=N–C) groups is 1. The van der Waals surface area contributed by atoms with E-state index in [0.29, 0.717) is 11.4 Å². The van der Waals surface area contributed by atoms with Crippen LogP contribution in [0.25, 0.3) is 0 Å². The van der Waals surface area contributed by atoms with Crippen molar-refractivity contribution in [2.45, 2.75) is 6.92 Å². The fourth-order valence-electron chi connectivity index (χ4n) is 2.24. The highest BCUT2D eigenvalue weighted by Crippen LogP contribution is 2.21. The Kier molecular flexibility index (Phi) is 4.40. The van der Waals surface area contributed by atoms with Gasteiger partial charge < -0.3 is 10.0 Å². The minimum Gasteiger partial charge on any atom is -0.494 e. The lowest BCUT2D eigenvalue weighted by atomic mass is 10.2. The second kappa shape index (κ2) is 6.12. The summed E-state index contributed by atoms with van der Waals surface area (Å²) in [4.78, 5) is 30.4. The fraction of sp³-hybridized carbons (Fsp3) is 0.312. The second-order valence-electron chi connectivity index (χ2n) is 5.52. The fourth-order valence-corrected chi connectivity index (χ4v) is 2.24. The monoisotopic (exact) mass is 316 g/mol. The van der Waals surface area contributed by atoms with Crippen LogP contribution in [0, 0.1) is 0 Å². The molecule has 0 aliphatic carbocycles. The minimum absolute atomic E-state index is 0.0184. The van der Waals surface area contributed by atoms with Crippen molar-refractivity contribution >= 4 is 17.1 Å². The van der Waals surface area contributed by atoms with Crippen LogP contribution in [0.4, 0.5) is 11.4 Å². The Morgan fingerprint density at radius 2 is 1.83 bits per heavy atom. The number of hydrogen-bond acceptors (Lipinski definition) is 5. The molecule has 2 rings (SSSR count). The molecule has 0 radical (unpaired) electrons. The molecule has 0 amide bonds. The van der Waals surface area contributed by atoms with Crippen LogP contribution in [0.1, 0.15) is 12.5 Å². The number of nitrogens with zero attached hydrogens (tertiary/aromatic N) is 4. The lowest BCUT2D eigenvalue weighted by Gasteiger charge is -2.13. The molecule has 1 heterocycles. The summed E-state index contributed by atoms with van der Waals surface area (Å²) >= 11 is 0. The van der Waals surface area contributed by atoms with Gasteiger partial charge in [0.15, 0.2) is 0 Å². The topological polar surface area (TPSA) is 79.8 Å². The average Bonchev–Trinajstić information content (AvgIpc) is 2.51. The first-order chi connectivity index (χ1) is 10.7. The molecule has 1 aromatic carbocycles. The lowest BCUT2D eigenvalue weighted by molar-refractivity contribution is 0.410. The number of hydrogen-bond donors (Lipinski definition) is 1. The third-order valence-electron chi connectivity index (χ3n) is 3.64. The van der Waals surface area contributed by atoms with Crippen LogP contribution in [0.15, 0.2) is 38.8 Å². The van der Waals surface area contributed by atoms with Crippen LogP contribution in [-0.2, 0) is 14.1 Å². The maximum absolute atomic E-state index is 12.3. The first-order valence-electron chi connectivity index (χ1n) is 7.06. The summed E-state index contributed by atoms with van der Waals surface area (Å²) in [7, 11) is 6.61. The lowest BCUT2D eigenvalue weighted by Crippen LogP contribution is -2.39. The third-order valence-corrected chi connectivity index (χ3v) is 3.64. The molecule has 1 aromatic heterocycles. The maximum atomic E-state index is 12.3. The van der Waals surface area contributed by atoms with Crippen LogP contribution in [-0.4, -0.2) is 34.0 Å². The zero-order valence-corrected chi connectivity index (χ0v) is 13.9. The van der Waals surface area contributed by atoms with E-state index in [2.05, 4.69) is 4.99 Å². The van der Waals surface area contributed by atoms with Crippen molar-refractivity contribution in [2.24, 2.45) is 19.1 Å². The van der Waals surface area contributed by atoms with Crippen molar-refractivity contribution in [3.8, 4) is 5.88 Å². The highest BCUT2D eigenvalue weighted by Gasteiger charge is 2.17. The molecule has 2 aromatic rings. The van der Waals surface area contributed by atoms with E-state index in [4.69, 9.17) is 0 Å². The van der Waals surface area contributed by atoms with E-state index in [9.17, 15) is 14.7 Å². The van der Waals surface area contributed by atoms with Crippen molar-refractivity contribution in [3.63, 3.8) is 0 Å². The van der Waals surface area contributed by atoms with Crippen LogP contribution in [0.3, 0.4) is 0 Å². The molecule has 0 spiro atoms. The summed E-state index contributed by atoms with van der Waals surface area (Å²) in [6.45, 7) is 1.63. The first kappa shape index (κ1) is 16.5. The smallest absolute Gasteiger partial charge is 0.333 e.